The molecule has 0 saturated carbocycles. The minimum absolute atomic E-state index is 0.692. The zero-order chi connectivity index (χ0) is 37.7. The second-order valence-electron chi connectivity index (χ2n) is 14.4. The van der Waals surface area contributed by atoms with Crippen LogP contribution in [-0.4, -0.2) is 19.5 Å². The first-order valence-electron chi connectivity index (χ1n) is 19.3. The molecule has 3 heterocycles. The summed E-state index contributed by atoms with van der Waals surface area (Å²) in [4.78, 5) is 15.5. The van der Waals surface area contributed by atoms with E-state index in [0.29, 0.717) is 5.82 Å². The van der Waals surface area contributed by atoms with E-state index in [1.807, 2.05) is 24.3 Å². The second-order valence-corrected chi connectivity index (χ2v) is 14.4. The average molecular weight is 727 g/mol. The first kappa shape index (κ1) is 32.7. The number of benzene rings is 8. The zero-order valence-corrected chi connectivity index (χ0v) is 30.9. The van der Waals surface area contributed by atoms with Gasteiger partial charge >= 0.3 is 0 Å². The molecule has 57 heavy (non-hydrogen) atoms. The first-order chi connectivity index (χ1) is 28.2. The Morgan fingerprint density at radius 3 is 1.53 bits per heavy atom. The zero-order valence-electron chi connectivity index (χ0n) is 30.9. The lowest BCUT2D eigenvalue weighted by Gasteiger charge is -2.14. The van der Waals surface area contributed by atoms with Gasteiger partial charge in [-0.05, 0) is 70.4 Å². The summed E-state index contributed by atoms with van der Waals surface area (Å²) in [6.07, 6.45) is 0. The molecular weight excluding hydrogens is 693 g/mol. The van der Waals surface area contributed by atoms with Crippen LogP contribution in [0.2, 0.25) is 0 Å². The number of para-hydroxylation sites is 2. The van der Waals surface area contributed by atoms with Crippen LogP contribution < -0.4 is 0 Å². The fraction of sp³-hybridized carbons (Fsp3) is 0. The van der Waals surface area contributed by atoms with Crippen molar-refractivity contribution >= 4 is 43.5 Å². The largest absolute Gasteiger partial charge is 0.309 e. The SMILES string of the molecule is c1ccc(-c2cc(-c3ccccc3)c3c(ccc4cc(-c5cc(-c6ccc(-n7c8ccccc8c8ccccc87)cc6)nc(-c6ccccc6)n5)ccc43)n2)cc1. The predicted molar refractivity (Wildman–Crippen MR) is 236 cm³/mol. The third-order valence-corrected chi connectivity index (χ3v) is 11.0. The van der Waals surface area contributed by atoms with Gasteiger partial charge in [0.2, 0.25) is 0 Å². The predicted octanol–water partition coefficient (Wildman–Crippen LogP) is 13.6. The molecule has 0 saturated heterocycles. The molecule has 0 unspecified atom stereocenters. The molecule has 11 rings (SSSR count). The van der Waals surface area contributed by atoms with Gasteiger partial charge in [0.25, 0.3) is 0 Å². The Labute approximate surface area is 330 Å². The van der Waals surface area contributed by atoms with Crippen molar-refractivity contribution in [3.63, 3.8) is 0 Å². The molecule has 0 amide bonds. The van der Waals surface area contributed by atoms with Crippen molar-refractivity contribution in [1.82, 2.24) is 19.5 Å². The molecule has 0 bridgehead atoms. The van der Waals surface area contributed by atoms with Gasteiger partial charge in [-0.1, -0.05) is 158 Å². The van der Waals surface area contributed by atoms with Gasteiger partial charge in [0, 0.05) is 44.1 Å². The van der Waals surface area contributed by atoms with Gasteiger partial charge in [0.1, 0.15) is 0 Å². The lowest BCUT2D eigenvalue weighted by Crippen LogP contribution is -1.97. The molecule has 0 spiro atoms. The standard InChI is InChI=1S/C53H34N4/c1-4-14-35(15-5-1)45-33-47(36-16-6-2-7-17-36)54-46-31-27-39-32-40(26-30-42(39)52(45)46)49-34-48(55-53(56-49)38-18-8-3-9-19-38)37-24-28-41(29-25-37)57-50-22-12-10-20-43(50)44-21-11-13-23-51(44)57/h1-34H. The molecule has 0 N–H and O–H groups in total. The first-order valence-corrected chi connectivity index (χ1v) is 19.3. The molecule has 266 valence electrons. The lowest BCUT2D eigenvalue weighted by atomic mass is 9.93. The molecule has 0 atom stereocenters. The van der Waals surface area contributed by atoms with E-state index in [1.165, 1.54) is 21.8 Å². The molecule has 0 radical (unpaired) electrons. The van der Waals surface area contributed by atoms with Crippen LogP contribution in [0.25, 0.3) is 105 Å². The number of fused-ring (bicyclic) bond motifs is 6. The van der Waals surface area contributed by atoms with Crippen LogP contribution in [0.15, 0.2) is 206 Å². The van der Waals surface area contributed by atoms with Gasteiger partial charge in [-0.2, -0.15) is 0 Å². The highest BCUT2D eigenvalue weighted by molar-refractivity contribution is 6.14. The Bertz CT molecular complexity index is 3210. The maximum atomic E-state index is 5.18. The van der Waals surface area contributed by atoms with Crippen molar-refractivity contribution in [3.05, 3.63) is 206 Å². The van der Waals surface area contributed by atoms with E-state index >= 15 is 0 Å². The smallest absolute Gasteiger partial charge is 0.160 e. The molecule has 0 fully saturated rings. The summed E-state index contributed by atoms with van der Waals surface area (Å²) in [6.45, 7) is 0. The maximum absolute atomic E-state index is 5.18. The van der Waals surface area contributed by atoms with Crippen LogP contribution in [0.5, 0.6) is 0 Å². The van der Waals surface area contributed by atoms with Crippen molar-refractivity contribution < 1.29 is 0 Å². The average Bonchev–Trinajstić information content (AvgIpc) is 3.63. The molecule has 3 aromatic heterocycles. The summed E-state index contributed by atoms with van der Waals surface area (Å²) in [5, 5.41) is 5.92. The summed E-state index contributed by atoms with van der Waals surface area (Å²) in [6, 6.07) is 72.6. The number of pyridine rings is 1. The highest BCUT2D eigenvalue weighted by atomic mass is 15.0. The molecule has 11 aromatic rings. The molecule has 8 aromatic carbocycles. The quantitative estimate of drug-likeness (QED) is 0.160. The lowest BCUT2D eigenvalue weighted by molar-refractivity contribution is 1.17. The topological polar surface area (TPSA) is 43.6 Å². The van der Waals surface area contributed by atoms with Crippen molar-refractivity contribution in [2.45, 2.75) is 0 Å². The number of rotatable bonds is 6. The molecular formula is C53H34N4. The molecule has 0 aliphatic carbocycles. The Morgan fingerprint density at radius 1 is 0.333 bits per heavy atom. The van der Waals surface area contributed by atoms with Gasteiger partial charge in [0.15, 0.2) is 5.82 Å². The normalized spacial score (nSPS) is 11.5. The van der Waals surface area contributed by atoms with Crippen LogP contribution in [-0.2, 0) is 0 Å². The van der Waals surface area contributed by atoms with Crippen LogP contribution >= 0.6 is 0 Å². The molecule has 0 aliphatic heterocycles. The monoisotopic (exact) mass is 726 g/mol. The van der Waals surface area contributed by atoms with Crippen LogP contribution in [0.3, 0.4) is 0 Å². The minimum atomic E-state index is 0.692. The summed E-state index contributed by atoms with van der Waals surface area (Å²) in [7, 11) is 0. The molecule has 4 heteroatoms. The fourth-order valence-corrected chi connectivity index (χ4v) is 8.27. The van der Waals surface area contributed by atoms with E-state index in [0.717, 1.165) is 77.8 Å². The third-order valence-electron chi connectivity index (χ3n) is 11.0. The van der Waals surface area contributed by atoms with Gasteiger partial charge in [0.05, 0.1) is 33.6 Å². The second kappa shape index (κ2) is 13.6. The van der Waals surface area contributed by atoms with Gasteiger partial charge < -0.3 is 4.57 Å². The van der Waals surface area contributed by atoms with E-state index in [2.05, 4.69) is 187 Å². The number of nitrogens with zero attached hydrogens (tertiary/aromatic N) is 4. The van der Waals surface area contributed by atoms with Gasteiger partial charge in [-0.25, -0.2) is 15.0 Å². The van der Waals surface area contributed by atoms with Crippen molar-refractivity contribution in [2.75, 3.05) is 0 Å². The van der Waals surface area contributed by atoms with Gasteiger partial charge in [-0.3, -0.25) is 0 Å². The number of aromatic nitrogens is 4. The highest BCUT2D eigenvalue weighted by Gasteiger charge is 2.16. The minimum Gasteiger partial charge on any atom is -0.309 e. The highest BCUT2D eigenvalue weighted by Crippen LogP contribution is 2.39. The summed E-state index contributed by atoms with van der Waals surface area (Å²) < 4.78 is 2.34. The number of hydrogen-bond donors (Lipinski definition) is 0. The van der Waals surface area contributed by atoms with Crippen LogP contribution in [0, 0.1) is 0 Å². The third kappa shape index (κ3) is 5.74. The van der Waals surface area contributed by atoms with E-state index in [4.69, 9.17) is 15.0 Å². The Balaban J connectivity index is 1.04. The van der Waals surface area contributed by atoms with Crippen LogP contribution in [0.1, 0.15) is 0 Å². The summed E-state index contributed by atoms with van der Waals surface area (Å²) in [5.74, 6) is 0.692. The van der Waals surface area contributed by atoms with Gasteiger partial charge in [-0.15, -0.1) is 0 Å². The van der Waals surface area contributed by atoms with E-state index in [-0.39, 0.29) is 0 Å². The van der Waals surface area contributed by atoms with E-state index < -0.39 is 0 Å². The van der Waals surface area contributed by atoms with Crippen molar-refractivity contribution in [3.8, 4) is 62.0 Å². The Hall–Kier alpha value is -7.69. The molecule has 0 aliphatic rings. The maximum Gasteiger partial charge on any atom is 0.160 e. The van der Waals surface area contributed by atoms with Crippen LogP contribution in [0.4, 0.5) is 0 Å². The van der Waals surface area contributed by atoms with Crippen molar-refractivity contribution in [1.29, 1.82) is 0 Å². The fourth-order valence-electron chi connectivity index (χ4n) is 8.27. The Morgan fingerprint density at radius 2 is 0.860 bits per heavy atom. The van der Waals surface area contributed by atoms with E-state index in [1.54, 1.807) is 0 Å². The summed E-state index contributed by atoms with van der Waals surface area (Å²) >= 11 is 0. The molecule has 4 nitrogen and oxygen atoms in total. The van der Waals surface area contributed by atoms with E-state index in [9.17, 15) is 0 Å². The number of hydrogen-bond acceptors (Lipinski definition) is 3. The van der Waals surface area contributed by atoms with Crippen molar-refractivity contribution in [2.24, 2.45) is 0 Å². The summed E-state index contributed by atoms with van der Waals surface area (Å²) in [5.41, 5.74) is 13.6. The Kier molecular flexibility index (Phi) is 7.78.